The first-order valence-electron chi connectivity index (χ1n) is 6.94. The van der Waals surface area contributed by atoms with Gasteiger partial charge < -0.3 is 20.7 Å². The van der Waals surface area contributed by atoms with Gasteiger partial charge in [-0.3, -0.25) is 9.59 Å². The number of nitrogens with two attached hydrogens (primary N) is 1. The molecule has 0 saturated heterocycles. The largest absolute Gasteiger partial charge is 0.480 e. The van der Waals surface area contributed by atoms with Crippen molar-refractivity contribution in [3.05, 3.63) is 29.0 Å². The van der Waals surface area contributed by atoms with Crippen LogP contribution in [0.3, 0.4) is 0 Å². The summed E-state index contributed by atoms with van der Waals surface area (Å²) in [6, 6.07) is 2.39. The quantitative estimate of drug-likeness (QED) is 0.706. The van der Waals surface area contributed by atoms with E-state index in [1.807, 2.05) is 26.0 Å². The minimum atomic E-state index is -1.36. The Morgan fingerprint density at radius 2 is 2.04 bits per heavy atom. The first kappa shape index (κ1) is 16.5. The number of rotatable bonds is 6. The van der Waals surface area contributed by atoms with Crippen molar-refractivity contribution in [1.29, 1.82) is 0 Å². The fourth-order valence-corrected chi connectivity index (χ4v) is 2.44. The van der Waals surface area contributed by atoms with Crippen LogP contribution in [-0.2, 0) is 20.8 Å². The predicted octanol–water partition coefficient (Wildman–Crippen LogP) is 0.432. The van der Waals surface area contributed by atoms with Crippen LogP contribution in [0.5, 0.6) is 0 Å². The maximum atomic E-state index is 12.0. The van der Waals surface area contributed by atoms with E-state index in [0.29, 0.717) is 11.3 Å². The molecule has 0 saturated carbocycles. The van der Waals surface area contributed by atoms with Crippen molar-refractivity contribution in [3.63, 3.8) is 0 Å². The normalized spacial score (nSPS) is 12.1. The minimum Gasteiger partial charge on any atom is -0.480 e. The number of nitrogens with one attached hydrogen (secondary N) is 1. The first-order valence-corrected chi connectivity index (χ1v) is 6.94. The van der Waals surface area contributed by atoms with Crippen LogP contribution in [0.4, 0.5) is 0 Å². The van der Waals surface area contributed by atoms with Gasteiger partial charge in [-0.15, -0.1) is 0 Å². The summed E-state index contributed by atoms with van der Waals surface area (Å²) in [7, 11) is 0. The minimum absolute atomic E-state index is 0.153. The summed E-state index contributed by atoms with van der Waals surface area (Å²) >= 11 is 0. The molecule has 1 aromatic heterocycles. The number of carbonyl (C=O) groups is 3. The van der Waals surface area contributed by atoms with E-state index in [1.165, 1.54) is 0 Å². The van der Waals surface area contributed by atoms with Crippen LogP contribution < -0.4 is 11.1 Å². The fraction of sp³-hybridized carbons (Fsp3) is 0.333. The Hall–Kier alpha value is -2.90. The monoisotopic (exact) mass is 319 g/mol. The number of carboxylic acid groups (broad SMARTS) is 1. The molecular formula is C15H17N3O5. The lowest BCUT2D eigenvalue weighted by Gasteiger charge is -2.12. The Labute approximate surface area is 131 Å². The van der Waals surface area contributed by atoms with Crippen molar-refractivity contribution in [3.8, 4) is 0 Å². The second kappa shape index (κ2) is 6.47. The number of fused-ring (bicyclic) bond motifs is 1. The Morgan fingerprint density at radius 1 is 1.35 bits per heavy atom. The number of primary amides is 1. The Morgan fingerprint density at radius 3 is 2.65 bits per heavy atom. The van der Waals surface area contributed by atoms with Crippen molar-refractivity contribution >= 4 is 28.8 Å². The second-order valence-electron chi connectivity index (χ2n) is 5.39. The molecule has 0 fully saturated rings. The topological polar surface area (TPSA) is 136 Å². The molecule has 1 aromatic carbocycles. The van der Waals surface area contributed by atoms with Crippen molar-refractivity contribution in [2.45, 2.75) is 32.7 Å². The summed E-state index contributed by atoms with van der Waals surface area (Å²) in [4.78, 5) is 33.9. The smallest absolute Gasteiger partial charge is 0.326 e. The van der Waals surface area contributed by atoms with Gasteiger partial charge in [0.2, 0.25) is 11.8 Å². The maximum absolute atomic E-state index is 12.0. The molecule has 8 heteroatoms. The van der Waals surface area contributed by atoms with Crippen LogP contribution in [0.2, 0.25) is 0 Å². The highest BCUT2D eigenvalue weighted by Gasteiger charge is 2.23. The van der Waals surface area contributed by atoms with Gasteiger partial charge in [0.1, 0.15) is 11.7 Å². The van der Waals surface area contributed by atoms with Gasteiger partial charge in [0.15, 0.2) is 5.58 Å². The SMILES string of the molecule is Cc1cc(C)c2c(CC(=O)NC(CC(N)=O)C(=O)O)noc2c1. The van der Waals surface area contributed by atoms with Crippen LogP contribution in [0.25, 0.3) is 11.0 Å². The van der Waals surface area contributed by atoms with Gasteiger partial charge in [0.05, 0.1) is 12.8 Å². The van der Waals surface area contributed by atoms with Gasteiger partial charge >= 0.3 is 5.97 Å². The zero-order chi connectivity index (χ0) is 17.1. The Kier molecular flexibility index (Phi) is 4.63. The molecule has 0 aliphatic carbocycles. The number of nitrogens with zero attached hydrogens (tertiary/aromatic N) is 1. The molecular weight excluding hydrogens is 302 g/mol. The van der Waals surface area contributed by atoms with E-state index in [2.05, 4.69) is 10.5 Å². The number of carbonyl (C=O) groups excluding carboxylic acids is 2. The third-order valence-corrected chi connectivity index (χ3v) is 3.35. The highest BCUT2D eigenvalue weighted by Crippen LogP contribution is 2.24. The number of aromatic nitrogens is 1. The number of carboxylic acids is 1. The third kappa shape index (κ3) is 3.85. The lowest BCUT2D eigenvalue weighted by molar-refractivity contribution is -0.143. The molecule has 0 radical (unpaired) electrons. The van der Waals surface area contributed by atoms with Crippen LogP contribution in [-0.4, -0.2) is 34.1 Å². The van der Waals surface area contributed by atoms with E-state index in [9.17, 15) is 14.4 Å². The van der Waals surface area contributed by atoms with Gasteiger partial charge in [0.25, 0.3) is 0 Å². The number of hydrogen-bond acceptors (Lipinski definition) is 5. The van der Waals surface area contributed by atoms with Crippen LogP contribution in [0.1, 0.15) is 23.2 Å². The van der Waals surface area contributed by atoms with Crippen molar-refractivity contribution in [1.82, 2.24) is 10.5 Å². The molecule has 1 heterocycles. The van der Waals surface area contributed by atoms with Crippen LogP contribution in [0, 0.1) is 13.8 Å². The Balaban J connectivity index is 2.17. The van der Waals surface area contributed by atoms with Crippen LogP contribution in [0.15, 0.2) is 16.7 Å². The first-order chi connectivity index (χ1) is 10.8. The van der Waals surface area contributed by atoms with Crippen molar-refractivity contribution < 1.29 is 24.0 Å². The van der Waals surface area contributed by atoms with Gasteiger partial charge in [-0.05, 0) is 31.0 Å². The van der Waals surface area contributed by atoms with E-state index in [1.54, 1.807) is 0 Å². The molecule has 23 heavy (non-hydrogen) atoms. The predicted molar refractivity (Wildman–Crippen MR) is 80.6 cm³/mol. The van der Waals surface area contributed by atoms with E-state index in [4.69, 9.17) is 15.4 Å². The molecule has 1 unspecified atom stereocenters. The third-order valence-electron chi connectivity index (χ3n) is 3.35. The molecule has 1 atom stereocenters. The lowest BCUT2D eigenvalue weighted by atomic mass is 10.0. The zero-order valence-corrected chi connectivity index (χ0v) is 12.8. The van der Waals surface area contributed by atoms with E-state index < -0.39 is 30.2 Å². The summed E-state index contributed by atoms with van der Waals surface area (Å²) in [6.45, 7) is 3.80. The molecule has 2 aromatic rings. The summed E-state index contributed by atoms with van der Waals surface area (Å²) < 4.78 is 5.21. The van der Waals surface area contributed by atoms with E-state index >= 15 is 0 Å². The fourth-order valence-electron chi connectivity index (χ4n) is 2.44. The molecule has 0 bridgehead atoms. The molecule has 122 valence electrons. The maximum Gasteiger partial charge on any atom is 0.326 e. The molecule has 8 nitrogen and oxygen atoms in total. The summed E-state index contributed by atoms with van der Waals surface area (Å²) in [6.07, 6.45) is -0.627. The summed E-state index contributed by atoms with van der Waals surface area (Å²) in [5.41, 5.74) is 7.87. The molecule has 0 aliphatic heterocycles. The highest BCUT2D eigenvalue weighted by molar-refractivity contribution is 5.91. The van der Waals surface area contributed by atoms with E-state index in [-0.39, 0.29) is 6.42 Å². The van der Waals surface area contributed by atoms with Gasteiger partial charge in [-0.1, -0.05) is 11.2 Å². The summed E-state index contributed by atoms with van der Waals surface area (Å²) in [5.74, 6) is -2.71. The van der Waals surface area contributed by atoms with Gasteiger partial charge in [-0.25, -0.2) is 4.79 Å². The number of aryl methyl sites for hydroxylation is 2. The second-order valence-corrected chi connectivity index (χ2v) is 5.39. The average Bonchev–Trinajstić information content (AvgIpc) is 2.80. The standard InChI is InChI=1S/C15H17N3O5/c1-7-3-8(2)14-9(18-23-11(14)4-7)6-13(20)17-10(15(21)22)5-12(16)19/h3-4,10H,5-6H2,1-2H3,(H2,16,19)(H,17,20)(H,21,22). The number of hydrogen-bond donors (Lipinski definition) is 3. The Bertz CT molecular complexity index is 781. The lowest BCUT2D eigenvalue weighted by Crippen LogP contribution is -2.43. The van der Waals surface area contributed by atoms with Gasteiger partial charge in [-0.2, -0.15) is 0 Å². The zero-order valence-electron chi connectivity index (χ0n) is 12.8. The molecule has 2 rings (SSSR count). The number of aliphatic carboxylic acids is 1. The molecule has 2 amide bonds. The highest BCUT2D eigenvalue weighted by atomic mass is 16.5. The van der Waals surface area contributed by atoms with Crippen LogP contribution >= 0.6 is 0 Å². The molecule has 0 spiro atoms. The number of amides is 2. The van der Waals surface area contributed by atoms with E-state index in [0.717, 1.165) is 16.5 Å². The number of benzene rings is 1. The molecule has 0 aliphatic rings. The summed E-state index contributed by atoms with van der Waals surface area (Å²) in [5, 5.41) is 15.9. The van der Waals surface area contributed by atoms with Crippen molar-refractivity contribution in [2.24, 2.45) is 5.73 Å². The molecule has 4 N–H and O–H groups in total. The van der Waals surface area contributed by atoms with Crippen molar-refractivity contribution in [2.75, 3.05) is 0 Å². The average molecular weight is 319 g/mol. The van der Waals surface area contributed by atoms with Gasteiger partial charge in [0, 0.05) is 5.39 Å².